The standard InChI is InChI=1S/C12H21N3/c1-12(2,3)10-8-15-6-4-5-9(7-13)11(15)14-10/h8-9H,4-7,13H2,1-3H3/t9-/m0/s1. The van der Waals surface area contributed by atoms with Crippen LogP contribution in [-0.2, 0) is 12.0 Å². The summed E-state index contributed by atoms with van der Waals surface area (Å²) in [7, 11) is 0. The van der Waals surface area contributed by atoms with Crippen molar-refractivity contribution in [2.24, 2.45) is 5.73 Å². The van der Waals surface area contributed by atoms with Gasteiger partial charge in [0.15, 0.2) is 0 Å². The second-order valence-corrected chi connectivity index (χ2v) is 5.50. The molecule has 2 N–H and O–H groups in total. The summed E-state index contributed by atoms with van der Waals surface area (Å²) in [6.07, 6.45) is 4.63. The van der Waals surface area contributed by atoms with Crippen molar-refractivity contribution in [2.45, 2.75) is 51.5 Å². The molecular formula is C12H21N3. The van der Waals surface area contributed by atoms with Crippen molar-refractivity contribution in [3.05, 3.63) is 17.7 Å². The Bertz CT molecular complexity index is 346. The molecule has 1 aliphatic rings. The predicted octanol–water partition coefficient (Wildman–Crippen LogP) is 2.02. The summed E-state index contributed by atoms with van der Waals surface area (Å²) >= 11 is 0. The van der Waals surface area contributed by atoms with Crippen molar-refractivity contribution in [1.29, 1.82) is 0 Å². The minimum absolute atomic E-state index is 0.142. The summed E-state index contributed by atoms with van der Waals surface area (Å²) in [4.78, 5) is 4.76. The van der Waals surface area contributed by atoms with Gasteiger partial charge in [-0.05, 0) is 12.8 Å². The molecule has 15 heavy (non-hydrogen) atoms. The van der Waals surface area contributed by atoms with Crippen LogP contribution in [0.2, 0.25) is 0 Å². The van der Waals surface area contributed by atoms with E-state index in [1.165, 1.54) is 24.4 Å². The summed E-state index contributed by atoms with van der Waals surface area (Å²) in [5.74, 6) is 1.67. The van der Waals surface area contributed by atoms with Crippen molar-refractivity contribution >= 4 is 0 Å². The van der Waals surface area contributed by atoms with Gasteiger partial charge in [0.25, 0.3) is 0 Å². The van der Waals surface area contributed by atoms with E-state index >= 15 is 0 Å². The molecule has 0 aliphatic carbocycles. The molecule has 0 saturated carbocycles. The van der Waals surface area contributed by atoms with Crippen molar-refractivity contribution < 1.29 is 0 Å². The third-order valence-corrected chi connectivity index (χ3v) is 3.18. The number of nitrogens with zero attached hydrogens (tertiary/aromatic N) is 2. The molecule has 0 saturated heterocycles. The van der Waals surface area contributed by atoms with Gasteiger partial charge in [-0.2, -0.15) is 0 Å². The lowest BCUT2D eigenvalue weighted by Gasteiger charge is -2.21. The largest absolute Gasteiger partial charge is 0.334 e. The molecule has 1 aliphatic heterocycles. The molecule has 0 fully saturated rings. The SMILES string of the molecule is CC(C)(C)c1cn2c(n1)[C@H](CN)CCC2. The zero-order valence-corrected chi connectivity index (χ0v) is 9.95. The van der Waals surface area contributed by atoms with Crippen LogP contribution in [0.15, 0.2) is 6.20 Å². The van der Waals surface area contributed by atoms with Crippen LogP contribution < -0.4 is 5.73 Å². The fourth-order valence-electron chi connectivity index (χ4n) is 2.16. The second-order valence-electron chi connectivity index (χ2n) is 5.50. The number of nitrogens with two attached hydrogens (primary N) is 1. The Kier molecular flexibility index (Phi) is 2.59. The van der Waals surface area contributed by atoms with Gasteiger partial charge in [-0.15, -0.1) is 0 Å². The third kappa shape index (κ3) is 1.93. The lowest BCUT2D eigenvalue weighted by atomic mass is 9.93. The van der Waals surface area contributed by atoms with Crippen molar-refractivity contribution in [3.63, 3.8) is 0 Å². The Balaban J connectivity index is 2.37. The highest BCUT2D eigenvalue weighted by molar-refractivity contribution is 5.17. The monoisotopic (exact) mass is 207 g/mol. The Hall–Kier alpha value is -0.830. The Morgan fingerprint density at radius 3 is 2.87 bits per heavy atom. The summed E-state index contributed by atoms with van der Waals surface area (Å²) in [5.41, 5.74) is 7.12. The van der Waals surface area contributed by atoms with E-state index in [4.69, 9.17) is 10.7 Å². The summed E-state index contributed by atoms with van der Waals surface area (Å²) < 4.78 is 2.29. The molecule has 0 aromatic carbocycles. The summed E-state index contributed by atoms with van der Waals surface area (Å²) in [5, 5.41) is 0. The van der Waals surface area contributed by atoms with Gasteiger partial charge in [-0.25, -0.2) is 4.98 Å². The molecule has 1 atom stereocenters. The number of fused-ring (bicyclic) bond motifs is 1. The number of aryl methyl sites for hydroxylation is 1. The first-order valence-corrected chi connectivity index (χ1v) is 5.80. The molecule has 84 valence electrons. The fourth-order valence-corrected chi connectivity index (χ4v) is 2.16. The first-order chi connectivity index (χ1) is 7.02. The molecule has 3 nitrogen and oxygen atoms in total. The molecule has 0 amide bonds. The van der Waals surface area contributed by atoms with E-state index in [0.717, 1.165) is 13.1 Å². The van der Waals surface area contributed by atoms with Crippen molar-refractivity contribution in [2.75, 3.05) is 6.54 Å². The van der Waals surface area contributed by atoms with Crippen LogP contribution in [0.1, 0.15) is 51.0 Å². The second kappa shape index (κ2) is 3.63. The van der Waals surface area contributed by atoms with Gasteiger partial charge in [0.05, 0.1) is 5.69 Å². The van der Waals surface area contributed by atoms with Gasteiger partial charge in [0, 0.05) is 30.6 Å². The Morgan fingerprint density at radius 2 is 2.27 bits per heavy atom. The minimum atomic E-state index is 0.142. The average molecular weight is 207 g/mol. The maximum absolute atomic E-state index is 5.78. The smallest absolute Gasteiger partial charge is 0.113 e. The Morgan fingerprint density at radius 1 is 1.53 bits per heavy atom. The third-order valence-electron chi connectivity index (χ3n) is 3.18. The topological polar surface area (TPSA) is 43.8 Å². The molecule has 1 aromatic rings. The van der Waals surface area contributed by atoms with Gasteiger partial charge in [0.2, 0.25) is 0 Å². The van der Waals surface area contributed by atoms with E-state index in [1.807, 2.05) is 0 Å². The average Bonchev–Trinajstić information content (AvgIpc) is 2.59. The zero-order chi connectivity index (χ0) is 11.1. The van der Waals surface area contributed by atoms with Gasteiger partial charge in [-0.1, -0.05) is 20.8 Å². The van der Waals surface area contributed by atoms with Crippen LogP contribution in [0.4, 0.5) is 0 Å². The van der Waals surface area contributed by atoms with Gasteiger partial charge in [0.1, 0.15) is 5.82 Å². The molecule has 3 heteroatoms. The van der Waals surface area contributed by atoms with Gasteiger partial charge >= 0.3 is 0 Å². The molecule has 0 bridgehead atoms. The van der Waals surface area contributed by atoms with Crippen LogP contribution in [-0.4, -0.2) is 16.1 Å². The fraction of sp³-hybridized carbons (Fsp3) is 0.750. The number of aromatic nitrogens is 2. The molecule has 2 rings (SSSR count). The van der Waals surface area contributed by atoms with E-state index in [2.05, 4.69) is 31.5 Å². The number of hydrogen-bond acceptors (Lipinski definition) is 2. The normalized spacial score (nSPS) is 21.5. The van der Waals surface area contributed by atoms with Crippen LogP contribution in [0.5, 0.6) is 0 Å². The molecular weight excluding hydrogens is 186 g/mol. The lowest BCUT2D eigenvalue weighted by molar-refractivity contribution is 0.448. The maximum Gasteiger partial charge on any atom is 0.113 e. The van der Waals surface area contributed by atoms with Crippen molar-refractivity contribution in [1.82, 2.24) is 9.55 Å². The molecule has 1 aromatic heterocycles. The van der Waals surface area contributed by atoms with Crippen LogP contribution in [0.25, 0.3) is 0 Å². The number of imidazole rings is 1. The van der Waals surface area contributed by atoms with Crippen LogP contribution in [0, 0.1) is 0 Å². The highest BCUT2D eigenvalue weighted by Gasteiger charge is 2.25. The summed E-state index contributed by atoms with van der Waals surface area (Å²) in [6, 6.07) is 0. The van der Waals surface area contributed by atoms with Gasteiger partial charge < -0.3 is 10.3 Å². The van der Waals surface area contributed by atoms with Gasteiger partial charge in [-0.3, -0.25) is 0 Å². The van der Waals surface area contributed by atoms with E-state index in [-0.39, 0.29) is 5.41 Å². The maximum atomic E-state index is 5.78. The highest BCUT2D eigenvalue weighted by Crippen LogP contribution is 2.29. The zero-order valence-electron chi connectivity index (χ0n) is 9.95. The summed E-state index contributed by atoms with van der Waals surface area (Å²) in [6.45, 7) is 8.45. The number of rotatable bonds is 1. The molecule has 0 radical (unpaired) electrons. The quantitative estimate of drug-likeness (QED) is 0.765. The predicted molar refractivity (Wildman–Crippen MR) is 62.0 cm³/mol. The molecule has 2 heterocycles. The minimum Gasteiger partial charge on any atom is -0.334 e. The van der Waals surface area contributed by atoms with E-state index < -0.39 is 0 Å². The number of hydrogen-bond donors (Lipinski definition) is 1. The first kappa shape index (κ1) is 10.7. The lowest BCUT2D eigenvalue weighted by Crippen LogP contribution is -2.22. The van der Waals surface area contributed by atoms with E-state index in [9.17, 15) is 0 Å². The van der Waals surface area contributed by atoms with E-state index in [0.29, 0.717) is 5.92 Å². The highest BCUT2D eigenvalue weighted by atomic mass is 15.1. The first-order valence-electron chi connectivity index (χ1n) is 5.80. The molecule has 0 spiro atoms. The van der Waals surface area contributed by atoms with Crippen molar-refractivity contribution in [3.8, 4) is 0 Å². The van der Waals surface area contributed by atoms with Crippen LogP contribution in [0.3, 0.4) is 0 Å². The van der Waals surface area contributed by atoms with Crippen LogP contribution >= 0.6 is 0 Å². The van der Waals surface area contributed by atoms with E-state index in [1.54, 1.807) is 0 Å². The molecule has 0 unspecified atom stereocenters. The Labute approximate surface area is 91.7 Å².